The third-order valence-corrected chi connectivity index (χ3v) is 4.80. The molecule has 1 aliphatic rings. The Bertz CT molecular complexity index is 230. The van der Waals surface area contributed by atoms with Gasteiger partial charge >= 0.3 is 5.97 Å². The molecule has 0 unspecified atom stereocenters. The molecule has 1 saturated heterocycles. The van der Waals surface area contributed by atoms with Crippen molar-refractivity contribution in [3.63, 3.8) is 0 Å². The van der Waals surface area contributed by atoms with Gasteiger partial charge in [0.1, 0.15) is 0 Å². The highest BCUT2D eigenvalue weighted by Gasteiger charge is 2.54. The van der Waals surface area contributed by atoms with Gasteiger partial charge in [0.2, 0.25) is 0 Å². The lowest BCUT2D eigenvalue weighted by atomic mass is 9.65. The van der Waals surface area contributed by atoms with Crippen molar-refractivity contribution < 1.29 is 15.0 Å². The summed E-state index contributed by atoms with van der Waals surface area (Å²) in [5.41, 5.74) is -1.96. The number of aliphatic hydroxyl groups is 1. The summed E-state index contributed by atoms with van der Waals surface area (Å²) in [6.07, 6.45) is 2.21. The predicted molar refractivity (Wildman–Crippen MR) is 62.2 cm³/mol. The molecule has 0 atom stereocenters. The van der Waals surface area contributed by atoms with Gasteiger partial charge in [0.15, 0.2) is 0 Å². The van der Waals surface area contributed by atoms with Crippen LogP contribution in [0.2, 0.25) is 0 Å². The highest BCUT2D eigenvalue weighted by molar-refractivity contribution is 7.99. The zero-order chi connectivity index (χ0) is 11.5. The van der Waals surface area contributed by atoms with Crippen molar-refractivity contribution in [2.24, 2.45) is 5.41 Å². The summed E-state index contributed by atoms with van der Waals surface area (Å²) >= 11 is 1.78. The predicted octanol–water partition coefficient (Wildman–Crippen LogP) is 2.14. The third kappa shape index (κ3) is 2.02. The molecule has 0 aliphatic carbocycles. The summed E-state index contributed by atoms with van der Waals surface area (Å²) in [4.78, 5) is 11.5. The van der Waals surface area contributed by atoms with Crippen LogP contribution in [0.3, 0.4) is 0 Å². The molecule has 0 amide bonds. The third-order valence-electron chi connectivity index (χ3n) is 3.82. The highest BCUT2D eigenvalue weighted by atomic mass is 32.2. The van der Waals surface area contributed by atoms with Gasteiger partial charge in [-0.25, -0.2) is 0 Å². The van der Waals surface area contributed by atoms with Crippen LogP contribution in [0.4, 0.5) is 0 Å². The average Bonchev–Trinajstić information content (AvgIpc) is 2.28. The van der Waals surface area contributed by atoms with E-state index in [2.05, 4.69) is 0 Å². The molecule has 88 valence electrons. The van der Waals surface area contributed by atoms with Crippen LogP contribution in [-0.4, -0.2) is 33.3 Å². The van der Waals surface area contributed by atoms with Crippen molar-refractivity contribution in [2.45, 2.75) is 45.1 Å². The van der Waals surface area contributed by atoms with E-state index in [1.54, 1.807) is 11.8 Å². The summed E-state index contributed by atoms with van der Waals surface area (Å²) in [6.45, 7) is 3.74. The maximum absolute atomic E-state index is 11.5. The molecule has 0 saturated carbocycles. The van der Waals surface area contributed by atoms with Gasteiger partial charge in [0, 0.05) is 0 Å². The molecule has 15 heavy (non-hydrogen) atoms. The minimum Gasteiger partial charge on any atom is -0.481 e. The summed E-state index contributed by atoms with van der Waals surface area (Å²) in [5, 5.41) is 19.9. The van der Waals surface area contributed by atoms with E-state index in [1.165, 1.54) is 0 Å². The van der Waals surface area contributed by atoms with E-state index in [9.17, 15) is 15.0 Å². The second kappa shape index (κ2) is 4.74. The van der Waals surface area contributed by atoms with Crippen LogP contribution < -0.4 is 0 Å². The Morgan fingerprint density at radius 2 is 1.80 bits per heavy atom. The second-order valence-corrected chi connectivity index (χ2v) is 5.46. The van der Waals surface area contributed by atoms with Crippen LogP contribution in [0.5, 0.6) is 0 Å². The number of hydrogen-bond acceptors (Lipinski definition) is 3. The molecule has 0 spiro atoms. The first kappa shape index (κ1) is 12.8. The number of thioether (sulfide) groups is 1. The number of carboxylic acid groups (broad SMARTS) is 1. The van der Waals surface area contributed by atoms with Crippen molar-refractivity contribution in [3.05, 3.63) is 0 Å². The van der Waals surface area contributed by atoms with E-state index < -0.39 is 17.0 Å². The summed E-state index contributed by atoms with van der Waals surface area (Å²) in [5.74, 6) is 0.859. The van der Waals surface area contributed by atoms with Gasteiger partial charge in [-0.05, 0) is 37.2 Å². The van der Waals surface area contributed by atoms with Gasteiger partial charge in [-0.15, -0.1) is 0 Å². The van der Waals surface area contributed by atoms with Crippen LogP contribution in [0.15, 0.2) is 0 Å². The van der Waals surface area contributed by atoms with Gasteiger partial charge in [0.05, 0.1) is 11.0 Å². The number of carbonyl (C=O) groups is 1. The molecule has 0 radical (unpaired) electrons. The van der Waals surface area contributed by atoms with Gasteiger partial charge in [-0.3, -0.25) is 4.79 Å². The van der Waals surface area contributed by atoms with Gasteiger partial charge in [0.25, 0.3) is 0 Å². The molecule has 1 heterocycles. The van der Waals surface area contributed by atoms with E-state index in [-0.39, 0.29) is 0 Å². The fourth-order valence-corrected chi connectivity index (χ4v) is 3.71. The minimum atomic E-state index is -1.04. The van der Waals surface area contributed by atoms with Crippen molar-refractivity contribution in [1.82, 2.24) is 0 Å². The quantitative estimate of drug-likeness (QED) is 0.779. The first-order valence-electron chi connectivity index (χ1n) is 5.56. The molecule has 2 N–H and O–H groups in total. The molecule has 0 bridgehead atoms. The highest BCUT2D eigenvalue weighted by Crippen LogP contribution is 2.47. The Balaban J connectivity index is 3.03. The molecule has 0 aromatic rings. The minimum absolute atomic E-state index is 0.514. The summed E-state index contributed by atoms with van der Waals surface area (Å²) < 4.78 is 0. The lowest BCUT2D eigenvalue weighted by molar-refractivity contribution is -0.172. The average molecular weight is 232 g/mol. The normalized spacial score (nSPS) is 21.3. The second-order valence-electron chi connectivity index (χ2n) is 4.24. The fraction of sp³-hybridized carbons (Fsp3) is 0.909. The monoisotopic (exact) mass is 232 g/mol. The summed E-state index contributed by atoms with van der Waals surface area (Å²) in [7, 11) is 0. The lowest BCUT2D eigenvalue weighted by Gasteiger charge is -2.45. The summed E-state index contributed by atoms with van der Waals surface area (Å²) in [6, 6.07) is 0. The van der Waals surface area contributed by atoms with Gasteiger partial charge < -0.3 is 10.2 Å². The molecular formula is C11H20O3S. The van der Waals surface area contributed by atoms with Gasteiger partial charge in [-0.2, -0.15) is 11.8 Å². The van der Waals surface area contributed by atoms with Crippen molar-refractivity contribution in [3.8, 4) is 0 Å². The van der Waals surface area contributed by atoms with E-state index in [4.69, 9.17) is 0 Å². The molecule has 3 nitrogen and oxygen atoms in total. The van der Waals surface area contributed by atoms with Crippen LogP contribution in [0.25, 0.3) is 0 Å². The maximum Gasteiger partial charge on any atom is 0.312 e. The number of hydrogen-bond donors (Lipinski definition) is 2. The van der Waals surface area contributed by atoms with Crippen LogP contribution >= 0.6 is 11.8 Å². The van der Waals surface area contributed by atoms with Crippen molar-refractivity contribution >= 4 is 17.7 Å². The lowest BCUT2D eigenvalue weighted by Crippen LogP contribution is -2.54. The molecule has 0 aromatic carbocycles. The standard InChI is InChI=1S/C11H20O3S/c1-3-11(14,4-2)10(9(12)13)5-7-15-8-6-10/h14H,3-8H2,1-2H3,(H,12,13). The first-order chi connectivity index (χ1) is 7.02. The van der Waals surface area contributed by atoms with Crippen molar-refractivity contribution in [2.75, 3.05) is 11.5 Å². The van der Waals surface area contributed by atoms with Crippen LogP contribution in [0, 0.1) is 5.41 Å². The molecule has 4 heteroatoms. The van der Waals surface area contributed by atoms with E-state index in [1.807, 2.05) is 13.8 Å². The number of aliphatic carboxylic acids is 1. The molecule has 1 aliphatic heterocycles. The van der Waals surface area contributed by atoms with E-state index >= 15 is 0 Å². The smallest absolute Gasteiger partial charge is 0.312 e. The first-order valence-corrected chi connectivity index (χ1v) is 6.71. The molecule has 1 rings (SSSR count). The number of carboxylic acids is 1. The van der Waals surface area contributed by atoms with Crippen LogP contribution in [0.1, 0.15) is 39.5 Å². The Hall–Kier alpha value is -0.220. The molecule has 0 aromatic heterocycles. The van der Waals surface area contributed by atoms with Gasteiger partial charge in [-0.1, -0.05) is 13.8 Å². The maximum atomic E-state index is 11.5. The Morgan fingerprint density at radius 1 is 1.33 bits per heavy atom. The molecule has 1 fully saturated rings. The molecular weight excluding hydrogens is 212 g/mol. The zero-order valence-electron chi connectivity index (χ0n) is 9.45. The topological polar surface area (TPSA) is 57.5 Å². The Labute approximate surface area is 95.3 Å². The zero-order valence-corrected chi connectivity index (χ0v) is 10.3. The van der Waals surface area contributed by atoms with Crippen molar-refractivity contribution in [1.29, 1.82) is 0 Å². The number of rotatable bonds is 4. The van der Waals surface area contributed by atoms with E-state index in [0.29, 0.717) is 25.7 Å². The largest absolute Gasteiger partial charge is 0.481 e. The van der Waals surface area contributed by atoms with Crippen LogP contribution in [-0.2, 0) is 4.79 Å². The fourth-order valence-electron chi connectivity index (χ4n) is 2.52. The SMILES string of the molecule is CCC(O)(CC)C1(C(=O)O)CCSCC1. The van der Waals surface area contributed by atoms with E-state index in [0.717, 1.165) is 11.5 Å². The Kier molecular flexibility index (Phi) is 4.06. The Morgan fingerprint density at radius 3 is 2.13 bits per heavy atom.